The number of benzene rings is 2. The highest BCUT2D eigenvalue weighted by atomic mass is 32.2. The van der Waals surface area contributed by atoms with Gasteiger partial charge < -0.3 is 10.2 Å². The SMILES string of the molecule is CN(C)c1cccc2c(S(=O)(=O)NCCCNCC3CCCCC3)cccc12. The molecule has 0 spiro atoms. The van der Waals surface area contributed by atoms with Crippen LogP contribution in [0.4, 0.5) is 5.69 Å². The average molecular weight is 404 g/mol. The predicted octanol–water partition coefficient (Wildman–Crippen LogP) is 3.74. The van der Waals surface area contributed by atoms with Gasteiger partial charge >= 0.3 is 0 Å². The Morgan fingerprint density at radius 3 is 2.43 bits per heavy atom. The highest BCUT2D eigenvalue weighted by Gasteiger charge is 2.18. The van der Waals surface area contributed by atoms with Crippen LogP contribution in [-0.4, -0.2) is 42.1 Å². The molecule has 0 amide bonds. The Morgan fingerprint density at radius 1 is 0.964 bits per heavy atom. The first-order valence-electron chi connectivity index (χ1n) is 10.4. The predicted molar refractivity (Wildman–Crippen MR) is 118 cm³/mol. The molecule has 2 aromatic rings. The van der Waals surface area contributed by atoms with Crippen molar-refractivity contribution in [2.45, 2.75) is 43.4 Å². The minimum absolute atomic E-state index is 0.351. The van der Waals surface area contributed by atoms with Crippen LogP contribution in [0.5, 0.6) is 0 Å². The number of hydrogen-bond acceptors (Lipinski definition) is 4. The van der Waals surface area contributed by atoms with E-state index in [0.717, 1.165) is 41.9 Å². The minimum Gasteiger partial charge on any atom is -0.377 e. The van der Waals surface area contributed by atoms with Crippen LogP contribution in [0.25, 0.3) is 10.8 Å². The van der Waals surface area contributed by atoms with Crippen molar-refractivity contribution >= 4 is 26.5 Å². The third-order valence-corrected chi connectivity index (χ3v) is 7.13. The second-order valence-electron chi connectivity index (χ2n) is 7.98. The average Bonchev–Trinajstić information content (AvgIpc) is 2.70. The van der Waals surface area contributed by atoms with E-state index in [0.29, 0.717) is 11.4 Å². The lowest BCUT2D eigenvalue weighted by Gasteiger charge is -2.21. The molecule has 0 atom stereocenters. The van der Waals surface area contributed by atoms with Crippen LogP contribution in [0.2, 0.25) is 0 Å². The maximum absolute atomic E-state index is 12.9. The summed E-state index contributed by atoms with van der Waals surface area (Å²) < 4.78 is 28.5. The number of fused-ring (bicyclic) bond motifs is 1. The van der Waals surface area contributed by atoms with Crippen LogP contribution in [0.15, 0.2) is 41.3 Å². The van der Waals surface area contributed by atoms with Crippen LogP contribution in [0, 0.1) is 5.92 Å². The zero-order valence-corrected chi connectivity index (χ0v) is 17.9. The summed E-state index contributed by atoms with van der Waals surface area (Å²) in [5.41, 5.74) is 1.02. The summed E-state index contributed by atoms with van der Waals surface area (Å²) in [7, 11) is 0.400. The molecule has 1 saturated carbocycles. The van der Waals surface area contributed by atoms with Gasteiger partial charge in [-0.25, -0.2) is 13.1 Å². The minimum atomic E-state index is -3.53. The molecule has 0 aliphatic heterocycles. The molecule has 1 aliphatic carbocycles. The molecule has 1 aliphatic rings. The van der Waals surface area contributed by atoms with Gasteiger partial charge in [0.05, 0.1) is 4.90 Å². The van der Waals surface area contributed by atoms with Gasteiger partial charge in [0.25, 0.3) is 0 Å². The smallest absolute Gasteiger partial charge is 0.241 e. The molecule has 5 nitrogen and oxygen atoms in total. The molecule has 6 heteroatoms. The van der Waals surface area contributed by atoms with E-state index >= 15 is 0 Å². The third-order valence-electron chi connectivity index (χ3n) is 5.61. The van der Waals surface area contributed by atoms with Gasteiger partial charge in [0.15, 0.2) is 0 Å². The summed E-state index contributed by atoms with van der Waals surface area (Å²) in [5, 5.41) is 5.20. The quantitative estimate of drug-likeness (QED) is 0.626. The van der Waals surface area contributed by atoms with Gasteiger partial charge in [-0.3, -0.25) is 0 Å². The number of rotatable bonds is 9. The van der Waals surface area contributed by atoms with Gasteiger partial charge in [0, 0.05) is 37.1 Å². The lowest BCUT2D eigenvalue weighted by Crippen LogP contribution is -2.30. The summed E-state index contributed by atoms with van der Waals surface area (Å²) in [5.74, 6) is 0.798. The topological polar surface area (TPSA) is 61.4 Å². The molecule has 0 unspecified atom stereocenters. The molecule has 154 valence electrons. The standard InChI is InChI=1S/C22H33N3O2S/c1-25(2)21-13-6-12-20-19(21)11-7-14-22(20)28(26,27)24-16-8-15-23-17-18-9-4-3-5-10-18/h6-7,11-14,18,23-24H,3-5,8-10,15-17H2,1-2H3. The first kappa shape index (κ1) is 21.1. The first-order chi connectivity index (χ1) is 13.5. The lowest BCUT2D eigenvalue weighted by atomic mass is 9.89. The monoisotopic (exact) mass is 403 g/mol. The number of sulfonamides is 1. The van der Waals surface area contributed by atoms with Gasteiger partial charge in [0.2, 0.25) is 10.0 Å². The van der Waals surface area contributed by atoms with E-state index in [9.17, 15) is 8.42 Å². The molecule has 28 heavy (non-hydrogen) atoms. The van der Waals surface area contributed by atoms with Gasteiger partial charge in [-0.15, -0.1) is 0 Å². The van der Waals surface area contributed by atoms with Crippen molar-refractivity contribution in [3.05, 3.63) is 36.4 Å². The fourth-order valence-electron chi connectivity index (χ4n) is 4.08. The molecule has 2 N–H and O–H groups in total. The molecule has 2 aromatic carbocycles. The molecule has 0 radical (unpaired) electrons. The number of hydrogen-bond donors (Lipinski definition) is 2. The molecular formula is C22H33N3O2S. The van der Waals surface area contributed by atoms with Gasteiger partial charge in [-0.05, 0) is 50.4 Å². The first-order valence-corrected chi connectivity index (χ1v) is 11.9. The van der Waals surface area contributed by atoms with Crippen LogP contribution in [0.1, 0.15) is 38.5 Å². The summed E-state index contributed by atoms with van der Waals surface area (Å²) in [4.78, 5) is 2.35. The molecule has 0 bridgehead atoms. The second-order valence-corrected chi connectivity index (χ2v) is 9.72. The van der Waals surface area contributed by atoms with Crippen molar-refractivity contribution in [2.75, 3.05) is 38.6 Å². The van der Waals surface area contributed by atoms with Crippen molar-refractivity contribution in [1.29, 1.82) is 0 Å². The summed E-state index contributed by atoms with van der Waals surface area (Å²) >= 11 is 0. The molecule has 1 fully saturated rings. The molecular weight excluding hydrogens is 370 g/mol. The third kappa shape index (κ3) is 5.25. The van der Waals surface area contributed by atoms with Gasteiger partial charge in [0.1, 0.15) is 0 Å². The van der Waals surface area contributed by atoms with Crippen LogP contribution < -0.4 is 14.9 Å². The van der Waals surface area contributed by atoms with Crippen LogP contribution in [-0.2, 0) is 10.0 Å². The number of anilines is 1. The van der Waals surface area contributed by atoms with Crippen molar-refractivity contribution in [3.8, 4) is 0 Å². The Hall–Kier alpha value is -1.63. The summed E-state index contributed by atoms with van der Waals surface area (Å²) in [6, 6.07) is 11.3. The van der Waals surface area contributed by atoms with Crippen molar-refractivity contribution in [1.82, 2.24) is 10.0 Å². The van der Waals surface area contributed by atoms with Crippen molar-refractivity contribution in [3.63, 3.8) is 0 Å². The van der Waals surface area contributed by atoms with Gasteiger partial charge in [-0.2, -0.15) is 0 Å². The van der Waals surface area contributed by atoms with E-state index < -0.39 is 10.0 Å². The van der Waals surface area contributed by atoms with Crippen LogP contribution >= 0.6 is 0 Å². The second kappa shape index (κ2) is 9.72. The lowest BCUT2D eigenvalue weighted by molar-refractivity contribution is 0.342. The molecule has 3 rings (SSSR count). The van der Waals surface area contributed by atoms with E-state index in [1.165, 1.54) is 32.1 Å². The highest BCUT2D eigenvalue weighted by Crippen LogP contribution is 2.30. The largest absolute Gasteiger partial charge is 0.377 e. The Kier molecular flexibility index (Phi) is 7.32. The Morgan fingerprint density at radius 2 is 1.68 bits per heavy atom. The van der Waals surface area contributed by atoms with E-state index in [4.69, 9.17) is 0 Å². The van der Waals surface area contributed by atoms with Crippen molar-refractivity contribution < 1.29 is 8.42 Å². The zero-order valence-electron chi connectivity index (χ0n) is 17.1. The highest BCUT2D eigenvalue weighted by molar-refractivity contribution is 7.89. The van der Waals surface area contributed by atoms with E-state index in [1.807, 2.05) is 49.3 Å². The molecule has 0 heterocycles. The van der Waals surface area contributed by atoms with E-state index in [1.54, 1.807) is 6.07 Å². The maximum atomic E-state index is 12.9. The zero-order chi connectivity index (χ0) is 20.0. The molecule has 0 saturated heterocycles. The summed E-state index contributed by atoms with van der Waals surface area (Å²) in [6.45, 7) is 2.35. The van der Waals surface area contributed by atoms with Crippen LogP contribution in [0.3, 0.4) is 0 Å². The fraction of sp³-hybridized carbons (Fsp3) is 0.545. The normalized spacial score (nSPS) is 15.8. The van der Waals surface area contributed by atoms with Gasteiger partial charge in [-0.1, -0.05) is 43.5 Å². The maximum Gasteiger partial charge on any atom is 0.241 e. The Balaban J connectivity index is 1.56. The number of nitrogens with one attached hydrogen (secondary N) is 2. The summed E-state index contributed by atoms with van der Waals surface area (Å²) in [6.07, 6.45) is 7.53. The Bertz CT molecular complexity index is 874. The van der Waals surface area contributed by atoms with Crippen molar-refractivity contribution in [2.24, 2.45) is 5.92 Å². The van der Waals surface area contributed by atoms with E-state index in [-0.39, 0.29) is 0 Å². The number of nitrogens with zero attached hydrogens (tertiary/aromatic N) is 1. The Labute approximate surface area is 169 Å². The molecule has 0 aromatic heterocycles. The fourth-order valence-corrected chi connectivity index (χ4v) is 5.38. The van der Waals surface area contributed by atoms with E-state index in [2.05, 4.69) is 10.0 Å².